The molecule has 1 saturated carbocycles. The second kappa shape index (κ2) is 10.3. The van der Waals surface area contributed by atoms with Gasteiger partial charge in [0.25, 0.3) is 0 Å². The standard InChI is InChI=1S/C23H25Cl2FN2O2/c1-15(23(30)27-17-8-3-4-9-17)28(14-16-7-2-5-10-19(16)24)22(29)13-18-20(25)11-6-12-21(18)26/h2,5-7,10-12,15,17H,3-4,8-9,13-14H2,1H3,(H,27,30). The number of halogens is 3. The number of benzene rings is 2. The summed E-state index contributed by atoms with van der Waals surface area (Å²) in [5, 5.41) is 3.72. The Morgan fingerprint density at radius 2 is 1.77 bits per heavy atom. The van der Waals surface area contributed by atoms with Crippen molar-refractivity contribution in [1.29, 1.82) is 0 Å². The number of nitrogens with one attached hydrogen (secondary N) is 1. The minimum Gasteiger partial charge on any atom is -0.352 e. The fraction of sp³-hybridized carbons (Fsp3) is 0.391. The molecule has 0 heterocycles. The third-order valence-corrected chi connectivity index (χ3v) is 6.28. The highest BCUT2D eigenvalue weighted by molar-refractivity contribution is 6.31. The fourth-order valence-corrected chi connectivity index (χ4v) is 4.16. The van der Waals surface area contributed by atoms with Crippen LogP contribution in [0.5, 0.6) is 0 Å². The van der Waals surface area contributed by atoms with Crippen LogP contribution in [-0.2, 0) is 22.6 Å². The van der Waals surface area contributed by atoms with Gasteiger partial charge in [-0.25, -0.2) is 4.39 Å². The van der Waals surface area contributed by atoms with Crippen LogP contribution >= 0.6 is 23.2 Å². The van der Waals surface area contributed by atoms with Crippen molar-refractivity contribution in [3.63, 3.8) is 0 Å². The zero-order valence-corrected chi connectivity index (χ0v) is 18.3. The van der Waals surface area contributed by atoms with Gasteiger partial charge in [-0.3, -0.25) is 9.59 Å². The van der Waals surface area contributed by atoms with E-state index in [4.69, 9.17) is 23.2 Å². The molecule has 1 N–H and O–H groups in total. The molecule has 4 nitrogen and oxygen atoms in total. The first-order valence-corrected chi connectivity index (χ1v) is 10.9. The van der Waals surface area contributed by atoms with Crippen molar-refractivity contribution in [2.75, 3.05) is 0 Å². The Kier molecular flexibility index (Phi) is 7.73. The molecule has 0 bridgehead atoms. The lowest BCUT2D eigenvalue weighted by Crippen LogP contribution is -2.50. The number of rotatable bonds is 7. The molecular formula is C23H25Cl2FN2O2. The molecule has 30 heavy (non-hydrogen) atoms. The molecule has 2 amide bonds. The van der Waals surface area contributed by atoms with Crippen LogP contribution in [0.1, 0.15) is 43.7 Å². The third-order valence-electron chi connectivity index (χ3n) is 5.56. The van der Waals surface area contributed by atoms with E-state index in [1.165, 1.54) is 17.0 Å². The number of hydrogen-bond donors (Lipinski definition) is 1. The van der Waals surface area contributed by atoms with Crippen LogP contribution in [0, 0.1) is 5.82 Å². The average Bonchev–Trinajstić information content (AvgIpc) is 3.22. The van der Waals surface area contributed by atoms with Gasteiger partial charge in [-0.05, 0) is 43.5 Å². The first-order chi connectivity index (χ1) is 14.4. The summed E-state index contributed by atoms with van der Waals surface area (Å²) in [5.41, 5.74) is 0.837. The molecule has 7 heteroatoms. The summed E-state index contributed by atoms with van der Waals surface area (Å²) in [6.45, 7) is 1.83. The normalized spacial score (nSPS) is 15.1. The lowest BCUT2D eigenvalue weighted by Gasteiger charge is -2.30. The predicted molar refractivity (Wildman–Crippen MR) is 117 cm³/mol. The van der Waals surface area contributed by atoms with Crippen molar-refractivity contribution in [2.45, 2.75) is 57.7 Å². The largest absolute Gasteiger partial charge is 0.352 e. The highest BCUT2D eigenvalue weighted by Crippen LogP contribution is 2.24. The molecule has 160 valence electrons. The van der Waals surface area contributed by atoms with Crippen LogP contribution in [0.3, 0.4) is 0 Å². The Morgan fingerprint density at radius 3 is 2.43 bits per heavy atom. The summed E-state index contributed by atoms with van der Waals surface area (Å²) in [4.78, 5) is 27.5. The Labute approximate surface area is 186 Å². The maximum absolute atomic E-state index is 14.2. The number of hydrogen-bond acceptors (Lipinski definition) is 2. The van der Waals surface area contributed by atoms with Crippen LogP contribution in [0.4, 0.5) is 4.39 Å². The molecule has 0 aliphatic heterocycles. The van der Waals surface area contributed by atoms with E-state index in [0.29, 0.717) is 10.6 Å². The Bertz CT molecular complexity index is 896. The Morgan fingerprint density at radius 1 is 1.10 bits per heavy atom. The van der Waals surface area contributed by atoms with E-state index >= 15 is 0 Å². The van der Waals surface area contributed by atoms with Gasteiger partial charge in [-0.2, -0.15) is 0 Å². The highest BCUT2D eigenvalue weighted by Gasteiger charge is 2.29. The van der Waals surface area contributed by atoms with E-state index < -0.39 is 17.8 Å². The molecule has 0 saturated heterocycles. The van der Waals surface area contributed by atoms with E-state index in [2.05, 4.69) is 5.32 Å². The number of carbonyl (C=O) groups is 2. The summed E-state index contributed by atoms with van der Waals surface area (Å²) in [5.74, 6) is -1.16. The summed E-state index contributed by atoms with van der Waals surface area (Å²) in [7, 11) is 0. The van der Waals surface area contributed by atoms with Crippen LogP contribution in [-0.4, -0.2) is 28.8 Å². The third kappa shape index (κ3) is 5.52. The Hall–Kier alpha value is -2.11. The smallest absolute Gasteiger partial charge is 0.242 e. The van der Waals surface area contributed by atoms with Crippen molar-refractivity contribution in [3.05, 3.63) is 69.5 Å². The lowest BCUT2D eigenvalue weighted by molar-refractivity contribution is -0.140. The maximum atomic E-state index is 14.2. The molecule has 0 radical (unpaired) electrons. The lowest BCUT2D eigenvalue weighted by atomic mass is 10.1. The van der Waals surface area contributed by atoms with E-state index in [0.717, 1.165) is 25.7 Å². The second-order valence-corrected chi connectivity index (χ2v) is 8.47. The molecule has 0 spiro atoms. The van der Waals surface area contributed by atoms with Gasteiger partial charge < -0.3 is 10.2 Å². The van der Waals surface area contributed by atoms with Crippen molar-refractivity contribution >= 4 is 35.0 Å². The topological polar surface area (TPSA) is 49.4 Å². The van der Waals surface area contributed by atoms with Gasteiger partial charge in [-0.1, -0.05) is 60.3 Å². The maximum Gasteiger partial charge on any atom is 0.242 e. The number of nitrogens with zero attached hydrogens (tertiary/aromatic N) is 1. The molecule has 3 rings (SSSR count). The van der Waals surface area contributed by atoms with Crippen LogP contribution in [0.25, 0.3) is 0 Å². The van der Waals surface area contributed by atoms with Gasteiger partial charge in [0.05, 0.1) is 6.42 Å². The van der Waals surface area contributed by atoms with Crippen molar-refractivity contribution in [1.82, 2.24) is 10.2 Å². The van der Waals surface area contributed by atoms with Crippen molar-refractivity contribution in [3.8, 4) is 0 Å². The summed E-state index contributed by atoms with van der Waals surface area (Å²) < 4.78 is 14.2. The first-order valence-electron chi connectivity index (χ1n) is 10.1. The summed E-state index contributed by atoms with van der Waals surface area (Å²) in [6.07, 6.45) is 3.83. The Balaban J connectivity index is 1.83. The number of carbonyl (C=O) groups excluding carboxylic acids is 2. The predicted octanol–water partition coefficient (Wildman–Crippen LogP) is 5.15. The van der Waals surface area contributed by atoms with E-state index in [9.17, 15) is 14.0 Å². The zero-order valence-electron chi connectivity index (χ0n) is 16.8. The molecule has 1 aliphatic rings. The van der Waals surface area contributed by atoms with Crippen LogP contribution < -0.4 is 5.32 Å². The van der Waals surface area contributed by atoms with Crippen molar-refractivity contribution in [2.24, 2.45) is 0 Å². The molecule has 1 fully saturated rings. The monoisotopic (exact) mass is 450 g/mol. The van der Waals surface area contributed by atoms with Gasteiger partial charge in [-0.15, -0.1) is 0 Å². The van der Waals surface area contributed by atoms with Crippen LogP contribution in [0.15, 0.2) is 42.5 Å². The fourth-order valence-electron chi connectivity index (χ4n) is 3.74. The van der Waals surface area contributed by atoms with E-state index in [-0.39, 0.29) is 35.5 Å². The molecule has 2 aromatic rings. The van der Waals surface area contributed by atoms with Crippen molar-refractivity contribution < 1.29 is 14.0 Å². The summed E-state index contributed by atoms with van der Waals surface area (Å²) in [6, 6.07) is 10.9. The molecule has 1 unspecified atom stereocenters. The van der Waals surface area contributed by atoms with Gasteiger partial charge in [0.15, 0.2) is 0 Å². The SMILES string of the molecule is CC(C(=O)NC1CCCC1)N(Cc1ccccc1Cl)C(=O)Cc1c(F)cccc1Cl. The molecule has 2 aromatic carbocycles. The van der Waals surface area contributed by atoms with E-state index in [1.54, 1.807) is 31.2 Å². The number of amides is 2. The quantitative estimate of drug-likeness (QED) is 0.633. The molecule has 1 aliphatic carbocycles. The second-order valence-electron chi connectivity index (χ2n) is 7.66. The molecule has 0 aromatic heterocycles. The van der Waals surface area contributed by atoms with E-state index in [1.807, 2.05) is 6.07 Å². The molecular weight excluding hydrogens is 426 g/mol. The minimum atomic E-state index is -0.736. The van der Waals surface area contributed by atoms with Gasteiger partial charge in [0, 0.05) is 28.2 Å². The van der Waals surface area contributed by atoms with Gasteiger partial charge >= 0.3 is 0 Å². The average molecular weight is 451 g/mol. The summed E-state index contributed by atoms with van der Waals surface area (Å²) >= 11 is 12.4. The van der Waals surface area contributed by atoms with Gasteiger partial charge in [0.2, 0.25) is 11.8 Å². The van der Waals surface area contributed by atoms with Crippen LogP contribution in [0.2, 0.25) is 10.0 Å². The minimum absolute atomic E-state index is 0.122. The first kappa shape index (κ1) is 22.6. The zero-order chi connectivity index (χ0) is 21.7. The molecule has 1 atom stereocenters. The van der Waals surface area contributed by atoms with Gasteiger partial charge in [0.1, 0.15) is 11.9 Å². The highest BCUT2D eigenvalue weighted by atomic mass is 35.5.